The first-order valence-electron chi connectivity index (χ1n) is 11.9. The Kier molecular flexibility index (Phi) is 10.5. The number of hydrogen-bond acceptors (Lipinski definition) is 6. The Hall–Kier alpha value is -2.99. The lowest BCUT2D eigenvalue weighted by Crippen LogP contribution is -2.54. The van der Waals surface area contributed by atoms with Gasteiger partial charge >= 0.3 is 0 Å². The van der Waals surface area contributed by atoms with Crippen molar-refractivity contribution in [2.24, 2.45) is 11.8 Å². The van der Waals surface area contributed by atoms with Gasteiger partial charge in [-0.25, -0.2) is 4.98 Å². The number of carbonyl (C=O) groups excluding carboxylic acids is 3. The van der Waals surface area contributed by atoms with Crippen LogP contribution in [0.15, 0.2) is 18.2 Å². The zero-order chi connectivity index (χ0) is 25.3. The van der Waals surface area contributed by atoms with E-state index in [0.29, 0.717) is 0 Å². The van der Waals surface area contributed by atoms with Crippen molar-refractivity contribution in [3.05, 3.63) is 28.8 Å². The molecule has 0 aliphatic rings. The van der Waals surface area contributed by atoms with Crippen LogP contribution in [0.3, 0.4) is 0 Å². The Morgan fingerprint density at radius 1 is 1.12 bits per heavy atom. The molecule has 0 radical (unpaired) electrons. The highest BCUT2D eigenvalue weighted by molar-refractivity contribution is 7.18. The van der Waals surface area contributed by atoms with E-state index in [-0.39, 0.29) is 49.1 Å². The summed E-state index contributed by atoms with van der Waals surface area (Å²) in [6.45, 7) is 9.57. The van der Waals surface area contributed by atoms with Crippen LogP contribution < -0.4 is 16.0 Å². The highest BCUT2D eigenvalue weighted by Crippen LogP contribution is 2.24. The van der Waals surface area contributed by atoms with Gasteiger partial charge in [0, 0.05) is 25.4 Å². The number of carbonyl (C=O) groups is 3. The van der Waals surface area contributed by atoms with Crippen molar-refractivity contribution in [3.8, 4) is 6.07 Å². The number of thiazole rings is 1. The summed E-state index contributed by atoms with van der Waals surface area (Å²) in [5.41, 5.74) is 2.10. The zero-order valence-electron chi connectivity index (χ0n) is 20.6. The molecule has 0 bridgehead atoms. The van der Waals surface area contributed by atoms with Crippen molar-refractivity contribution in [2.75, 3.05) is 6.54 Å². The number of aromatic nitrogens is 1. The lowest BCUT2D eigenvalue weighted by atomic mass is 9.98. The molecule has 1 unspecified atom stereocenters. The first-order valence-corrected chi connectivity index (χ1v) is 12.7. The molecule has 1 aromatic heterocycles. The van der Waals surface area contributed by atoms with Gasteiger partial charge in [-0.3, -0.25) is 14.4 Å². The molecule has 0 fully saturated rings. The summed E-state index contributed by atoms with van der Waals surface area (Å²) >= 11 is 1.53. The second-order valence-corrected chi connectivity index (χ2v) is 9.65. The first-order chi connectivity index (χ1) is 16.2. The van der Waals surface area contributed by atoms with Crippen LogP contribution in [0.5, 0.6) is 0 Å². The zero-order valence-corrected chi connectivity index (χ0v) is 21.4. The van der Waals surface area contributed by atoms with Crippen molar-refractivity contribution >= 4 is 39.3 Å². The van der Waals surface area contributed by atoms with Gasteiger partial charge in [0.2, 0.25) is 17.7 Å². The van der Waals surface area contributed by atoms with Gasteiger partial charge in [0.25, 0.3) is 0 Å². The van der Waals surface area contributed by atoms with E-state index in [9.17, 15) is 14.4 Å². The SMILES string of the molecule is CCC(=O)N[C@@H](Cc1nc2ccc(CC)cc2s1)C(=O)N[C@H](CNC(=O)C(C)C#N)[C@@H](C)CC. The number of nitriles is 1. The molecule has 0 aliphatic heterocycles. The molecule has 2 rings (SSSR count). The van der Waals surface area contributed by atoms with Gasteiger partial charge in [-0.1, -0.05) is 40.2 Å². The summed E-state index contributed by atoms with van der Waals surface area (Å²) in [6.07, 6.45) is 2.27. The summed E-state index contributed by atoms with van der Waals surface area (Å²) in [6, 6.07) is 6.94. The highest BCUT2D eigenvalue weighted by Gasteiger charge is 2.27. The van der Waals surface area contributed by atoms with E-state index in [0.717, 1.165) is 28.1 Å². The fraction of sp³-hybridized carbons (Fsp3) is 0.560. The minimum absolute atomic E-state index is 0.0825. The lowest BCUT2D eigenvalue weighted by Gasteiger charge is -2.27. The van der Waals surface area contributed by atoms with Crippen molar-refractivity contribution in [3.63, 3.8) is 0 Å². The molecule has 3 N–H and O–H groups in total. The summed E-state index contributed by atoms with van der Waals surface area (Å²) in [4.78, 5) is 42.2. The normalized spacial score (nSPS) is 14.5. The molecule has 0 saturated carbocycles. The Bertz CT molecular complexity index is 1040. The topological polar surface area (TPSA) is 124 Å². The van der Waals surface area contributed by atoms with E-state index in [4.69, 9.17) is 5.26 Å². The number of fused-ring (bicyclic) bond motifs is 1. The third kappa shape index (κ3) is 7.52. The van der Waals surface area contributed by atoms with E-state index in [2.05, 4.69) is 33.9 Å². The van der Waals surface area contributed by atoms with Crippen LogP contribution in [-0.2, 0) is 27.2 Å². The largest absolute Gasteiger partial charge is 0.353 e. The van der Waals surface area contributed by atoms with Crippen LogP contribution >= 0.6 is 11.3 Å². The van der Waals surface area contributed by atoms with Crippen LogP contribution in [0.4, 0.5) is 0 Å². The molecule has 1 heterocycles. The monoisotopic (exact) mass is 485 g/mol. The van der Waals surface area contributed by atoms with Gasteiger partial charge in [-0.2, -0.15) is 5.26 Å². The second-order valence-electron chi connectivity index (χ2n) is 8.54. The molecule has 2 aromatic rings. The van der Waals surface area contributed by atoms with Gasteiger partial charge in [0.1, 0.15) is 12.0 Å². The molecule has 9 heteroatoms. The standard InChI is InChI=1S/C25H35N5O3S/c1-6-15(4)20(14-27-24(32)16(5)13-26)30-25(33)19(28-22(31)8-3)12-23-29-18-10-9-17(7-2)11-21(18)34-23/h9-11,15-16,19-20H,6-8,12,14H2,1-5H3,(H,27,32)(H,28,31)(H,30,33)/t15-,16?,19-,20+/m0/s1. The van der Waals surface area contributed by atoms with Gasteiger partial charge < -0.3 is 16.0 Å². The smallest absolute Gasteiger partial charge is 0.243 e. The van der Waals surface area contributed by atoms with Crippen LogP contribution in [-0.4, -0.2) is 41.3 Å². The summed E-state index contributed by atoms with van der Waals surface area (Å²) in [5, 5.41) is 18.3. The molecule has 4 atom stereocenters. The van der Waals surface area contributed by atoms with Crippen LogP contribution in [0.2, 0.25) is 0 Å². The van der Waals surface area contributed by atoms with Gasteiger partial charge in [0.05, 0.1) is 21.3 Å². The Morgan fingerprint density at radius 2 is 1.85 bits per heavy atom. The summed E-state index contributed by atoms with van der Waals surface area (Å²) in [7, 11) is 0. The van der Waals surface area contributed by atoms with Crippen LogP contribution in [0.1, 0.15) is 58.0 Å². The molecular formula is C25H35N5O3S. The van der Waals surface area contributed by atoms with Crippen molar-refractivity contribution < 1.29 is 14.4 Å². The first kappa shape index (κ1) is 27.3. The maximum Gasteiger partial charge on any atom is 0.243 e. The Balaban J connectivity index is 2.19. The average Bonchev–Trinajstić information content (AvgIpc) is 3.25. The third-order valence-electron chi connectivity index (χ3n) is 6.00. The number of nitrogens with zero attached hydrogens (tertiary/aromatic N) is 2. The Labute approximate surface area is 205 Å². The number of hydrogen-bond donors (Lipinski definition) is 3. The fourth-order valence-corrected chi connectivity index (χ4v) is 4.47. The minimum atomic E-state index is -0.779. The van der Waals surface area contributed by atoms with Crippen molar-refractivity contribution in [1.29, 1.82) is 5.26 Å². The van der Waals surface area contributed by atoms with Gasteiger partial charge in [-0.05, 0) is 37.0 Å². The maximum atomic E-state index is 13.3. The van der Waals surface area contributed by atoms with Gasteiger partial charge in [-0.15, -0.1) is 11.3 Å². The molecule has 34 heavy (non-hydrogen) atoms. The van der Waals surface area contributed by atoms with Crippen LogP contribution in [0, 0.1) is 23.2 Å². The van der Waals surface area contributed by atoms with Crippen LogP contribution in [0.25, 0.3) is 10.2 Å². The Morgan fingerprint density at radius 3 is 2.47 bits per heavy atom. The molecule has 0 spiro atoms. The lowest BCUT2D eigenvalue weighted by molar-refractivity contribution is -0.129. The van der Waals surface area contributed by atoms with E-state index >= 15 is 0 Å². The average molecular weight is 486 g/mol. The highest BCUT2D eigenvalue weighted by atomic mass is 32.1. The van der Waals surface area contributed by atoms with E-state index in [1.165, 1.54) is 23.8 Å². The molecular weight excluding hydrogens is 450 g/mol. The number of nitrogens with one attached hydrogen (secondary N) is 3. The molecule has 8 nitrogen and oxygen atoms in total. The molecule has 184 valence electrons. The van der Waals surface area contributed by atoms with Crippen molar-refractivity contribution in [2.45, 2.75) is 72.4 Å². The number of aryl methyl sites for hydroxylation is 1. The summed E-state index contributed by atoms with van der Waals surface area (Å²) < 4.78 is 1.06. The molecule has 1 aromatic carbocycles. The molecule has 0 aliphatic carbocycles. The predicted octanol–water partition coefficient (Wildman–Crippen LogP) is 3.10. The predicted molar refractivity (Wildman–Crippen MR) is 134 cm³/mol. The van der Waals surface area contributed by atoms with Gasteiger partial charge in [0.15, 0.2) is 0 Å². The fourth-order valence-electron chi connectivity index (χ4n) is 3.39. The number of rotatable bonds is 12. The number of amides is 3. The number of benzene rings is 1. The second kappa shape index (κ2) is 13.0. The summed E-state index contributed by atoms with van der Waals surface area (Å²) in [5.74, 6) is -1.59. The minimum Gasteiger partial charge on any atom is -0.353 e. The van der Waals surface area contributed by atoms with Crippen molar-refractivity contribution in [1.82, 2.24) is 20.9 Å². The quantitative estimate of drug-likeness (QED) is 0.426. The third-order valence-corrected chi connectivity index (χ3v) is 7.04. The maximum absolute atomic E-state index is 13.3. The van der Waals surface area contributed by atoms with E-state index in [1.807, 2.05) is 32.0 Å². The van der Waals surface area contributed by atoms with E-state index in [1.54, 1.807) is 6.92 Å². The molecule has 0 saturated heterocycles. The molecule has 3 amide bonds. The van der Waals surface area contributed by atoms with E-state index < -0.39 is 12.0 Å².